The summed E-state index contributed by atoms with van der Waals surface area (Å²) >= 11 is 12.8. The van der Waals surface area contributed by atoms with Crippen molar-refractivity contribution < 1.29 is 0 Å². The predicted molar refractivity (Wildman–Crippen MR) is 120 cm³/mol. The van der Waals surface area contributed by atoms with Crippen LogP contribution in [0.5, 0.6) is 0 Å². The summed E-state index contributed by atoms with van der Waals surface area (Å²) in [6.07, 6.45) is 7.04. The molecule has 1 aliphatic heterocycles. The molecular weight excluding hydrogens is 407 g/mol. The number of hydrogen-bond acceptors (Lipinski definition) is 4. The smallest absolute Gasteiger partial charge is 0.259 e. The molecule has 2 fully saturated rings. The Kier molecular flexibility index (Phi) is 5.77. The Morgan fingerprint density at radius 2 is 1.90 bits per heavy atom. The van der Waals surface area contributed by atoms with Crippen LogP contribution in [0, 0.1) is 25.2 Å². The molecule has 160 valence electrons. The molecule has 3 aliphatic rings. The lowest BCUT2D eigenvalue weighted by Gasteiger charge is -2.43. The molecule has 5 nitrogen and oxygen atoms in total. The molecule has 0 radical (unpaired) electrons. The molecule has 1 saturated carbocycles. The summed E-state index contributed by atoms with van der Waals surface area (Å²) in [4.78, 5) is 20.5. The molecule has 7 heteroatoms. The maximum atomic E-state index is 13.3. The van der Waals surface area contributed by atoms with Gasteiger partial charge in [0.1, 0.15) is 11.6 Å². The highest BCUT2D eigenvalue weighted by Crippen LogP contribution is 2.48. The van der Waals surface area contributed by atoms with Gasteiger partial charge in [-0.15, -0.1) is 0 Å². The summed E-state index contributed by atoms with van der Waals surface area (Å²) < 4.78 is 1.74. The first-order valence-electron chi connectivity index (χ1n) is 10.9. The highest BCUT2D eigenvalue weighted by Gasteiger charge is 2.46. The van der Waals surface area contributed by atoms with Gasteiger partial charge in [0.25, 0.3) is 5.56 Å². The minimum Gasteiger partial charge on any atom is -0.356 e. The number of hydrogen-bond donors (Lipinski definition) is 1. The first-order valence-corrected chi connectivity index (χ1v) is 11.6. The summed E-state index contributed by atoms with van der Waals surface area (Å²) in [7, 11) is 0. The fourth-order valence-electron chi connectivity index (χ4n) is 5.86. The lowest BCUT2D eigenvalue weighted by Crippen LogP contribution is -2.47. The second-order valence-electron chi connectivity index (χ2n) is 9.44. The van der Waals surface area contributed by atoms with E-state index in [1.807, 2.05) is 13.8 Å². The van der Waals surface area contributed by atoms with Crippen molar-refractivity contribution in [2.75, 3.05) is 18.0 Å². The first-order chi connectivity index (χ1) is 13.7. The quantitative estimate of drug-likeness (QED) is 0.731. The van der Waals surface area contributed by atoms with Crippen LogP contribution in [0.3, 0.4) is 0 Å². The van der Waals surface area contributed by atoms with Crippen molar-refractivity contribution in [1.82, 2.24) is 9.55 Å². The monoisotopic (exact) mass is 438 g/mol. The molecule has 0 amide bonds. The summed E-state index contributed by atoms with van der Waals surface area (Å²) in [5.41, 5.74) is 7.47. The second kappa shape index (κ2) is 7.90. The molecule has 4 rings (SSSR count). The van der Waals surface area contributed by atoms with Crippen molar-refractivity contribution in [3.05, 3.63) is 31.8 Å². The summed E-state index contributed by atoms with van der Waals surface area (Å²) in [6.45, 7) is 7.92. The number of allylic oxidation sites excluding steroid dienone is 2. The second-order valence-corrected chi connectivity index (χ2v) is 10.3. The number of aromatic nitrogens is 2. The van der Waals surface area contributed by atoms with Gasteiger partial charge in [-0.05, 0) is 70.1 Å². The van der Waals surface area contributed by atoms with E-state index in [2.05, 4.69) is 11.8 Å². The summed E-state index contributed by atoms with van der Waals surface area (Å²) in [5.74, 6) is 2.24. The minimum atomic E-state index is -0.201. The Bertz CT molecular complexity index is 886. The van der Waals surface area contributed by atoms with Crippen LogP contribution in [-0.2, 0) is 0 Å². The van der Waals surface area contributed by atoms with Crippen LogP contribution in [-0.4, -0.2) is 28.7 Å². The standard InChI is InChI=1S/C22H32Cl2N4O/c1-13-11-18(25)22(12-13)7-9-27(10-8-22)20-14(2)21(29)28(15(3)26-20)17-6-4-5-16(23)19(17)24/h13,17-18H,4-12,25H2,1-3H3/t13-,17-,18+/m0/s1. The third-order valence-electron chi connectivity index (χ3n) is 7.49. The van der Waals surface area contributed by atoms with E-state index in [9.17, 15) is 4.79 Å². The summed E-state index contributed by atoms with van der Waals surface area (Å²) in [5, 5.41) is 1.25. The van der Waals surface area contributed by atoms with Gasteiger partial charge < -0.3 is 10.6 Å². The van der Waals surface area contributed by atoms with E-state index in [1.165, 1.54) is 6.42 Å². The van der Waals surface area contributed by atoms with Gasteiger partial charge in [-0.1, -0.05) is 30.1 Å². The number of nitrogens with zero attached hydrogens (tertiary/aromatic N) is 3. The molecule has 1 spiro atoms. The lowest BCUT2D eigenvalue weighted by molar-refractivity contribution is 0.192. The van der Waals surface area contributed by atoms with E-state index < -0.39 is 0 Å². The molecule has 1 saturated heterocycles. The Labute approximate surface area is 183 Å². The third-order valence-corrected chi connectivity index (χ3v) is 8.45. The van der Waals surface area contributed by atoms with Crippen molar-refractivity contribution >= 4 is 29.0 Å². The fraction of sp³-hybridized carbons (Fsp3) is 0.727. The molecule has 2 N–H and O–H groups in total. The van der Waals surface area contributed by atoms with Crippen LogP contribution in [0.15, 0.2) is 14.9 Å². The SMILES string of the molecule is Cc1c(N2CCC3(CC2)C[C@@H](C)C[C@H]3N)nc(C)n([C@H]2CCCC(Cl)=C2Cl)c1=O. The fourth-order valence-corrected chi connectivity index (χ4v) is 6.42. The number of rotatable bonds is 2. The van der Waals surface area contributed by atoms with E-state index in [4.69, 9.17) is 33.9 Å². The molecule has 2 heterocycles. The van der Waals surface area contributed by atoms with Gasteiger partial charge in [-0.25, -0.2) is 4.98 Å². The Hall–Kier alpha value is -1.04. The van der Waals surface area contributed by atoms with E-state index in [0.29, 0.717) is 33.4 Å². The Morgan fingerprint density at radius 3 is 2.52 bits per heavy atom. The maximum Gasteiger partial charge on any atom is 0.259 e. The number of aryl methyl sites for hydroxylation is 1. The molecule has 0 bridgehead atoms. The number of anilines is 1. The molecule has 0 unspecified atom stereocenters. The minimum absolute atomic E-state index is 0.00602. The lowest BCUT2D eigenvalue weighted by atomic mass is 9.74. The van der Waals surface area contributed by atoms with Crippen molar-refractivity contribution in [2.24, 2.45) is 17.1 Å². The largest absolute Gasteiger partial charge is 0.356 e. The van der Waals surface area contributed by atoms with Gasteiger partial charge in [-0.3, -0.25) is 9.36 Å². The topological polar surface area (TPSA) is 64.2 Å². The van der Waals surface area contributed by atoms with Gasteiger partial charge in [-0.2, -0.15) is 0 Å². The van der Waals surface area contributed by atoms with E-state index in [-0.39, 0.29) is 17.0 Å². The van der Waals surface area contributed by atoms with Crippen LogP contribution in [0.4, 0.5) is 5.82 Å². The molecular formula is C22H32Cl2N4O. The van der Waals surface area contributed by atoms with Crippen molar-refractivity contribution in [3.8, 4) is 0 Å². The predicted octanol–water partition coefficient (Wildman–Crippen LogP) is 4.62. The zero-order chi connectivity index (χ0) is 20.9. The molecule has 2 aliphatic carbocycles. The van der Waals surface area contributed by atoms with Gasteiger partial charge in [0, 0.05) is 24.2 Å². The summed E-state index contributed by atoms with van der Waals surface area (Å²) in [6, 6.07) is 0.0988. The van der Waals surface area contributed by atoms with Crippen LogP contribution in [0.25, 0.3) is 0 Å². The molecule has 29 heavy (non-hydrogen) atoms. The molecule has 1 aromatic rings. The van der Waals surface area contributed by atoms with Crippen molar-refractivity contribution in [3.63, 3.8) is 0 Å². The zero-order valence-electron chi connectivity index (χ0n) is 17.7. The molecule has 3 atom stereocenters. The normalized spacial score (nSPS) is 29.7. The van der Waals surface area contributed by atoms with Crippen LogP contribution < -0.4 is 16.2 Å². The number of piperidine rings is 1. The van der Waals surface area contributed by atoms with E-state index >= 15 is 0 Å². The van der Waals surface area contributed by atoms with E-state index in [1.54, 1.807) is 4.57 Å². The highest BCUT2D eigenvalue weighted by atomic mass is 35.5. The van der Waals surface area contributed by atoms with Gasteiger partial charge in [0.2, 0.25) is 0 Å². The van der Waals surface area contributed by atoms with Gasteiger partial charge in [0.15, 0.2) is 0 Å². The zero-order valence-corrected chi connectivity index (χ0v) is 19.2. The average Bonchev–Trinajstić information content (AvgIpc) is 2.95. The van der Waals surface area contributed by atoms with Crippen LogP contribution in [0.1, 0.15) is 69.3 Å². The Balaban J connectivity index is 1.61. The van der Waals surface area contributed by atoms with Crippen LogP contribution >= 0.6 is 23.2 Å². The average molecular weight is 439 g/mol. The van der Waals surface area contributed by atoms with Gasteiger partial charge >= 0.3 is 0 Å². The molecule has 0 aromatic carbocycles. The van der Waals surface area contributed by atoms with Crippen LogP contribution in [0.2, 0.25) is 0 Å². The Morgan fingerprint density at radius 1 is 1.21 bits per heavy atom. The highest BCUT2D eigenvalue weighted by molar-refractivity contribution is 6.39. The van der Waals surface area contributed by atoms with Crippen molar-refractivity contribution in [2.45, 2.75) is 77.8 Å². The van der Waals surface area contributed by atoms with Crippen molar-refractivity contribution in [1.29, 1.82) is 0 Å². The first kappa shape index (κ1) is 21.2. The third kappa shape index (κ3) is 3.64. The van der Waals surface area contributed by atoms with E-state index in [0.717, 1.165) is 57.4 Å². The maximum absolute atomic E-state index is 13.3. The molecule has 1 aromatic heterocycles. The van der Waals surface area contributed by atoms with Gasteiger partial charge in [0.05, 0.1) is 16.6 Å². The number of nitrogens with two attached hydrogens (primary N) is 1. The number of halogens is 2.